The maximum absolute atomic E-state index is 11.2. The van der Waals surface area contributed by atoms with Gasteiger partial charge < -0.3 is 0 Å². The molecule has 0 radical (unpaired) electrons. The summed E-state index contributed by atoms with van der Waals surface area (Å²) in [4.78, 5) is 7.24. The molecule has 0 saturated heterocycles. The van der Waals surface area contributed by atoms with Crippen LogP contribution in [0.2, 0.25) is 0 Å². The second-order valence-corrected chi connectivity index (χ2v) is 4.55. The molecule has 0 unspecified atom stereocenters. The molecule has 0 aliphatic rings. The van der Waals surface area contributed by atoms with Crippen molar-refractivity contribution in [2.45, 2.75) is 5.03 Å². The van der Waals surface area contributed by atoms with Crippen LogP contribution in [0.3, 0.4) is 0 Å². The third kappa shape index (κ3) is 1.70. The fraction of sp³-hybridized carbons (Fsp3) is 0. The van der Waals surface area contributed by atoms with Crippen molar-refractivity contribution in [1.82, 2.24) is 9.97 Å². The number of hydrogen-bond acceptors (Lipinski definition) is 4. The Labute approximate surface area is 78.4 Å². The predicted molar refractivity (Wildman–Crippen MR) is 47.1 cm³/mol. The highest BCUT2D eigenvalue weighted by Crippen LogP contribution is 2.18. The fourth-order valence-electron chi connectivity index (χ4n) is 0.590. The quantitative estimate of drug-likeness (QED) is 0.738. The van der Waals surface area contributed by atoms with Gasteiger partial charge in [0.2, 0.25) is 9.84 Å². The number of halogens is 1. The Morgan fingerprint density at radius 1 is 1.58 bits per heavy atom. The molecule has 6 heteroatoms. The zero-order chi connectivity index (χ0) is 9.19. The number of hydrogen-bond donors (Lipinski definition) is 0. The summed E-state index contributed by atoms with van der Waals surface area (Å²) in [5.74, 6) is 0. The Kier molecular flexibility index (Phi) is 2.58. The highest BCUT2D eigenvalue weighted by molar-refractivity contribution is 9.10. The molecule has 0 aromatic carbocycles. The fourth-order valence-corrected chi connectivity index (χ4v) is 2.16. The zero-order valence-corrected chi connectivity index (χ0v) is 8.34. The smallest absolute Gasteiger partial charge is 0.217 e. The topological polar surface area (TPSA) is 59.9 Å². The van der Waals surface area contributed by atoms with Crippen LogP contribution < -0.4 is 0 Å². The van der Waals surface area contributed by atoms with Gasteiger partial charge in [-0.15, -0.1) is 0 Å². The molecule has 0 aliphatic heterocycles. The molecule has 1 heterocycles. The summed E-state index contributed by atoms with van der Waals surface area (Å²) in [7, 11) is -3.46. The van der Waals surface area contributed by atoms with Crippen molar-refractivity contribution < 1.29 is 8.42 Å². The van der Waals surface area contributed by atoms with E-state index in [9.17, 15) is 8.42 Å². The first-order valence-electron chi connectivity index (χ1n) is 2.91. The maximum Gasteiger partial charge on any atom is 0.217 e. The number of sulfone groups is 1. The van der Waals surface area contributed by atoms with Crippen LogP contribution in [0.4, 0.5) is 0 Å². The Balaban J connectivity index is 3.39. The Hall–Kier alpha value is -0.750. The summed E-state index contributed by atoms with van der Waals surface area (Å²) in [5, 5.41) is 0.785. The maximum atomic E-state index is 11.2. The van der Waals surface area contributed by atoms with E-state index in [1.165, 1.54) is 12.5 Å². The van der Waals surface area contributed by atoms with Crippen LogP contribution in [0, 0.1) is 0 Å². The minimum atomic E-state index is -3.46. The molecule has 12 heavy (non-hydrogen) atoms. The minimum absolute atomic E-state index is 0.0625. The van der Waals surface area contributed by atoms with Crippen LogP contribution in [0.25, 0.3) is 0 Å². The van der Waals surface area contributed by atoms with Gasteiger partial charge in [0.15, 0.2) is 5.03 Å². The second kappa shape index (κ2) is 3.32. The highest BCUT2D eigenvalue weighted by Gasteiger charge is 2.14. The van der Waals surface area contributed by atoms with E-state index in [-0.39, 0.29) is 5.03 Å². The molecule has 0 aliphatic carbocycles. The molecular formula is C6H5BrN2O2S. The molecular weight excluding hydrogens is 244 g/mol. The summed E-state index contributed by atoms with van der Waals surface area (Å²) < 4.78 is 22.7. The van der Waals surface area contributed by atoms with Crippen molar-refractivity contribution in [3.63, 3.8) is 0 Å². The monoisotopic (exact) mass is 248 g/mol. The molecule has 0 N–H and O–H groups in total. The molecule has 0 bridgehead atoms. The number of aromatic nitrogens is 2. The van der Waals surface area contributed by atoms with Crippen LogP contribution in [0.1, 0.15) is 0 Å². The van der Waals surface area contributed by atoms with Gasteiger partial charge in [0.05, 0.1) is 4.47 Å². The number of nitrogens with zero attached hydrogens (tertiary/aromatic N) is 2. The lowest BCUT2D eigenvalue weighted by atomic mass is 10.7. The first-order chi connectivity index (χ1) is 5.58. The summed E-state index contributed by atoms with van der Waals surface area (Å²) in [6.07, 6.45) is 2.53. The van der Waals surface area contributed by atoms with Gasteiger partial charge in [-0.3, -0.25) is 0 Å². The lowest BCUT2D eigenvalue weighted by Gasteiger charge is -1.97. The van der Waals surface area contributed by atoms with Gasteiger partial charge in [0.25, 0.3) is 0 Å². The summed E-state index contributed by atoms with van der Waals surface area (Å²) in [5.41, 5.74) is 0. The lowest BCUT2D eigenvalue weighted by molar-refractivity contribution is 0.600. The first-order valence-corrected chi connectivity index (χ1v) is 5.25. The molecule has 4 nitrogen and oxygen atoms in total. The highest BCUT2D eigenvalue weighted by atomic mass is 79.9. The molecule has 0 amide bonds. The molecule has 0 saturated carbocycles. The van der Waals surface area contributed by atoms with Crippen LogP contribution in [0.5, 0.6) is 0 Å². The average Bonchev–Trinajstić information content (AvgIpc) is 2.05. The van der Waals surface area contributed by atoms with E-state index >= 15 is 0 Å². The van der Waals surface area contributed by atoms with Gasteiger partial charge in [0.1, 0.15) is 6.33 Å². The van der Waals surface area contributed by atoms with Crippen molar-refractivity contribution in [2.24, 2.45) is 0 Å². The zero-order valence-electron chi connectivity index (χ0n) is 5.94. The first kappa shape index (κ1) is 9.34. The Morgan fingerprint density at radius 2 is 2.25 bits per heavy atom. The molecule has 0 fully saturated rings. The van der Waals surface area contributed by atoms with Gasteiger partial charge in [-0.1, -0.05) is 6.58 Å². The van der Waals surface area contributed by atoms with Gasteiger partial charge in [-0.2, -0.15) is 0 Å². The van der Waals surface area contributed by atoms with E-state index in [0.29, 0.717) is 4.47 Å². The molecule has 0 atom stereocenters. The minimum Gasteiger partial charge on any atom is -0.244 e. The third-order valence-electron chi connectivity index (χ3n) is 1.12. The molecule has 1 aromatic rings. The van der Waals surface area contributed by atoms with E-state index in [4.69, 9.17) is 0 Å². The van der Waals surface area contributed by atoms with Gasteiger partial charge in [0, 0.05) is 11.6 Å². The standard InChI is InChI=1S/C6H5BrN2O2S/c1-2-12(10,11)6-5(7)3-8-4-9-6/h2-4H,1H2. The number of rotatable bonds is 2. The van der Waals surface area contributed by atoms with E-state index in [0.717, 1.165) is 5.41 Å². The summed E-state index contributed by atoms with van der Waals surface area (Å²) in [6, 6.07) is 0. The van der Waals surface area contributed by atoms with Gasteiger partial charge in [-0.05, 0) is 15.9 Å². The van der Waals surface area contributed by atoms with Crippen LogP contribution in [0.15, 0.2) is 34.0 Å². The molecule has 1 rings (SSSR count). The second-order valence-electron chi connectivity index (χ2n) is 1.89. The lowest BCUT2D eigenvalue weighted by Crippen LogP contribution is -2.00. The van der Waals surface area contributed by atoms with Crippen LogP contribution in [-0.2, 0) is 9.84 Å². The van der Waals surface area contributed by atoms with E-state index in [1.807, 2.05) is 0 Å². The van der Waals surface area contributed by atoms with Crippen LogP contribution >= 0.6 is 15.9 Å². The Morgan fingerprint density at radius 3 is 2.75 bits per heavy atom. The predicted octanol–water partition coefficient (Wildman–Crippen LogP) is 1.16. The summed E-state index contributed by atoms with van der Waals surface area (Å²) >= 11 is 3.02. The SMILES string of the molecule is C=CS(=O)(=O)c1ncncc1Br. The van der Waals surface area contributed by atoms with E-state index in [1.54, 1.807) is 0 Å². The molecule has 1 aromatic heterocycles. The van der Waals surface area contributed by atoms with Crippen LogP contribution in [-0.4, -0.2) is 18.4 Å². The largest absolute Gasteiger partial charge is 0.244 e. The Bertz CT molecular complexity index is 402. The van der Waals surface area contributed by atoms with Crippen molar-refractivity contribution in [1.29, 1.82) is 0 Å². The van der Waals surface area contributed by atoms with Gasteiger partial charge >= 0.3 is 0 Å². The molecule has 64 valence electrons. The average molecular weight is 249 g/mol. The normalized spacial score (nSPS) is 11.1. The van der Waals surface area contributed by atoms with Crippen molar-refractivity contribution >= 4 is 25.8 Å². The van der Waals surface area contributed by atoms with Crippen molar-refractivity contribution in [3.05, 3.63) is 29.0 Å². The van der Waals surface area contributed by atoms with E-state index in [2.05, 4.69) is 32.5 Å². The third-order valence-corrected chi connectivity index (χ3v) is 3.27. The van der Waals surface area contributed by atoms with Crippen molar-refractivity contribution in [2.75, 3.05) is 0 Å². The van der Waals surface area contributed by atoms with Gasteiger partial charge in [-0.25, -0.2) is 18.4 Å². The van der Waals surface area contributed by atoms with Crippen molar-refractivity contribution in [3.8, 4) is 0 Å². The summed E-state index contributed by atoms with van der Waals surface area (Å²) in [6.45, 7) is 3.18. The van der Waals surface area contributed by atoms with E-state index < -0.39 is 9.84 Å². The molecule has 0 spiro atoms.